The average Bonchev–Trinajstić information content (AvgIpc) is 2.83. The lowest BCUT2D eigenvalue weighted by atomic mass is 9.75. The van der Waals surface area contributed by atoms with Crippen molar-refractivity contribution in [3.8, 4) is 0 Å². The summed E-state index contributed by atoms with van der Waals surface area (Å²) in [6.07, 6.45) is 0.824. The molecule has 0 fully saturated rings. The van der Waals surface area contributed by atoms with Crippen molar-refractivity contribution >= 4 is 16.8 Å². The molecule has 2 nitrogen and oxygen atoms in total. The molecule has 4 rings (SSSR count). The van der Waals surface area contributed by atoms with Crippen LogP contribution in [0.25, 0.3) is 11.0 Å². The van der Waals surface area contributed by atoms with Gasteiger partial charge in [0, 0.05) is 5.39 Å². The number of aryl methyl sites for hydroxylation is 1. The number of hydrogen-bond donors (Lipinski definition) is 0. The monoisotopic (exact) mass is 262 g/mol. The van der Waals surface area contributed by atoms with E-state index in [9.17, 15) is 4.79 Å². The van der Waals surface area contributed by atoms with E-state index in [1.165, 1.54) is 11.1 Å². The Morgan fingerprint density at radius 1 is 1.15 bits per heavy atom. The van der Waals surface area contributed by atoms with Gasteiger partial charge < -0.3 is 4.42 Å². The van der Waals surface area contributed by atoms with Crippen LogP contribution in [0.5, 0.6) is 0 Å². The number of Topliss-reactive ketones (excluding diaryl/α,β-unsaturated/α-hetero) is 1. The summed E-state index contributed by atoms with van der Waals surface area (Å²) in [6.45, 7) is 2.04. The summed E-state index contributed by atoms with van der Waals surface area (Å²) in [5.41, 5.74) is 4.38. The Balaban J connectivity index is 1.72. The van der Waals surface area contributed by atoms with Gasteiger partial charge in [-0.15, -0.1) is 0 Å². The summed E-state index contributed by atoms with van der Waals surface area (Å²) in [5.74, 6) is 0.538. The van der Waals surface area contributed by atoms with Crippen LogP contribution in [0.2, 0.25) is 0 Å². The van der Waals surface area contributed by atoms with Crippen molar-refractivity contribution in [3.63, 3.8) is 0 Å². The Kier molecular flexibility index (Phi) is 2.34. The summed E-state index contributed by atoms with van der Waals surface area (Å²) in [7, 11) is 0. The zero-order valence-electron chi connectivity index (χ0n) is 11.2. The maximum atomic E-state index is 12.6. The van der Waals surface area contributed by atoms with Crippen LogP contribution in [-0.4, -0.2) is 5.78 Å². The van der Waals surface area contributed by atoms with Gasteiger partial charge in [-0.3, -0.25) is 4.79 Å². The molecule has 0 radical (unpaired) electrons. The normalized spacial score (nSPS) is 16.8. The lowest BCUT2D eigenvalue weighted by molar-refractivity contribution is 0.0923. The van der Waals surface area contributed by atoms with E-state index in [2.05, 4.69) is 6.07 Å². The molecule has 0 saturated carbocycles. The highest BCUT2D eigenvalue weighted by atomic mass is 16.3. The van der Waals surface area contributed by atoms with Crippen LogP contribution in [-0.2, 0) is 6.42 Å². The maximum absolute atomic E-state index is 12.6. The number of furan rings is 1. The Hall–Kier alpha value is -2.35. The largest absolute Gasteiger partial charge is 0.453 e. The lowest BCUT2D eigenvalue weighted by Crippen LogP contribution is -2.24. The predicted octanol–water partition coefficient (Wildman–Crippen LogP) is 4.26. The molecule has 0 spiro atoms. The lowest BCUT2D eigenvalue weighted by Gasteiger charge is -2.27. The molecule has 1 unspecified atom stereocenters. The number of carbonyl (C=O) groups excluding carboxylic acids is 1. The molecular formula is C18H14O2. The van der Waals surface area contributed by atoms with E-state index in [-0.39, 0.29) is 11.7 Å². The number of ketones is 1. The van der Waals surface area contributed by atoms with Crippen molar-refractivity contribution in [2.45, 2.75) is 19.3 Å². The molecule has 1 aliphatic carbocycles. The maximum Gasteiger partial charge on any atom is 0.205 e. The van der Waals surface area contributed by atoms with Crippen LogP contribution in [0.15, 0.2) is 52.9 Å². The van der Waals surface area contributed by atoms with E-state index in [1.807, 2.05) is 49.4 Å². The molecule has 2 heteroatoms. The van der Waals surface area contributed by atoms with E-state index in [0.717, 1.165) is 23.0 Å². The van der Waals surface area contributed by atoms with Crippen LogP contribution >= 0.6 is 0 Å². The molecule has 0 amide bonds. The molecule has 1 aromatic heterocycles. The number of benzene rings is 2. The van der Waals surface area contributed by atoms with Gasteiger partial charge in [0.15, 0.2) is 5.76 Å². The predicted molar refractivity (Wildman–Crippen MR) is 78.2 cm³/mol. The summed E-state index contributed by atoms with van der Waals surface area (Å²) in [4.78, 5) is 12.6. The fraction of sp³-hybridized carbons (Fsp3) is 0.167. The Morgan fingerprint density at radius 3 is 2.85 bits per heavy atom. The molecule has 3 aromatic rings. The molecule has 20 heavy (non-hydrogen) atoms. The zero-order chi connectivity index (χ0) is 13.7. The van der Waals surface area contributed by atoms with Crippen LogP contribution in [0.3, 0.4) is 0 Å². The van der Waals surface area contributed by atoms with E-state index >= 15 is 0 Å². The molecule has 2 aromatic carbocycles. The van der Waals surface area contributed by atoms with Crippen LogP contribution in [0.4, 0.5) is 0 Å². The topological polar surface area (TPSA) is 30.2 Å². The third kappa shape index (κ3) is 1.61. The second-order valence-corrected chi connectivity index (χ2v) is 5.47. The third-order valence-electron chi connectivity index (χ3n) is 4.09. The Labute approximate surface area is 117 Å². The summed E-state index contributed by atoms with van der Waals surface area (Å²) >= 11 is 0. The fourth-order valence-corrected chi connectivity index (χ4v) is 2.95. The van der Waals surface area contributed by atoms with Gasteiger partial charge >= 0.3 is 0 Å². The zero-order valence-corrected chi connectivity index (χ0v) is 11.2. The highest BCUT2D eigenvalue weighted by Crippen LogP contribution is 2.38. The number of hydrogen-bond acceptors (Lipinski definition) is 2. The van der Waals surface area contributed by atoms with Crippen LogP contribution in [0, 0.1) is 6.92 Å². The molecule has 98 valence electrons. The quantitative estimate of drug-likeness (QED) is 0.646. The molecular weight excluding hydrogens is 248 g/mol. The smallest absolute Gasteiger partial charge is 0.205 e. The van der Waals surface area contributed by atoms with Gasteiger partial charge in [0.05, 0.1) is 5.92 Å². The van der Waals surface area contributed by atoms with Gasteiger partial charge in [0.25, 0.3) is 0 Å². The molecule has 0 aliphatic heterocycles. The molecule has 0 saturated heterocycles. The van der Waals surface area contributed by atoms with Crippen molar-refractivity contribution in [3.05, 3.63) is 71.0 Å². The highest BCUT2D eigenvalue weighted by molar-refractivity contribution is 6.03. The van der Waals surface area contributed by atoms with E-state index in [1.54, 1.807) is 0 Å². The van der Waals surface area contributed by atoms with E-state index in [4.69, 9.17) is 4.42 Å². The Morgan fingerprint density at radius 2 is 2.00 bits per heavy atom. The standard InChI is InChI=1S/C18H14O2/c1-11-6-7-16-13(8-11)10-17(20-16)18(19)15-9-12-4-2-3-5-14(12)15/h2-8,10,15H,9H2,1H3. The number of carbonyl (C=O) groups is 1. The molecule has 1 heterocycles. The minimum atomic E-state index is -0.0344. The summed E-state index contributed by atoms with van der Waals surface area (Å²) in [5, 5.41) is 1.00. The SMILES string of the molecule is Cc1ccc2oc(C(=O)C3Cc4ccccc43)cc2c1. The first-order valence-electron chi connectivity index (χ1n) is 6.84. The third-order valence-corrected chi connectivity index (χ3v) is 4.09. The second-order valence-electron chi connectivity index (χ2n) is 5.47. The summed E-state index contributed by atoms with van der Waals surface area (Å²) in [6, 6.07) is 16.0. The molecule has 0 N–H and O–H groups in total. The van der Waals surface area contributed by atoms with Crippen molar-refractivity contribution in [2.75, 3.05) is 0 Å². The van der Waals surface area contributed by atoms with Gasteiger partial charge in [-0.2, -0.15) is 0 Å². The van der Waals surface area contributed by atoms with E-state index < -0.39 is 0 Å². The Bertz CT molecular complexity index is 826. The first kappa shape index (κ1) is 11.5. The fourth-order valence-electron chi connectivity index (χ4n) is 2.95. The van der Waals surface area contributed by atoms with E-state index in [0.29, 0.717) is 5.76 Å². The molecule has 1 atom stereocenters. The number of rotatable bonds is 2. The minimum absolute atomic E-state index is 0.0344. The van der Waals surface area contributed by atoms with Gasteiger partial charge in [0.1, 0.15) is 5.58 Å². The average molecular weight is 262 g/mol. The van der Waals surface area contributed by atoms with Gasteiger partial charge in [-0.1, -0.05) is 35.9 Å². The second kappa shape index (κ2) is 4.07. The number of fused-ring (bicyclic) bond motifs is 2. The van der Waals surface area contributed by atoms with Gasteiger partial charge in [0.2, 0.25) is 5.78 Å². The minimum Gasteiger partial charge on any atom is -0.453 e. The van der Waals surface area contributed by atoms with Gasteiger partial charge in [-0.05, 0) is 42.7 Å². The summed E-state index contributed by atoms with van der Waals surface area (Å²) < 4.78 is 5.71. The van der Waals surface area contributed by atoms with Crippen molar-refractivity contribution in [1.82, 2.24) is 0 Å². The van der Waals surface area contributed by atoms with Crippen LogP contribution < -0.4 is 0 Å². The first-order chi connectivity index (χ1) is 9.72. The van der Waals surface area contributed by atoms with Gasteiger partial charge in [-0.25, -0.2) is 0 Å². The van der Waals surface area contributed by atoms with Crippen molar-refractivity contribution < 1.29 is 9.21 Å². The van der Waals surface area contributed by atoms with Crippen molar-refractivity contribution in [1.29, 1.82) is 0 Å². The van der Waals surface area contributed by atoms with Crippen LogP contribution in [0.1, 0.15) is 33.2 Å². The first-order valence-corrected chi connectivity index (χ1v) is 6.84. The highest BCUT2D eigenvalue weighted by Gasteiger charge is 2.33. The molecule has 1 aliphatic rings. The van der Waals surface area contributed by atoms with Crippen molar-refractivity contribution in [2.24, 2.45) is 0 Å². The molecule has 0 bridgehead atoms.